The van der Waals surface area contributed by atoms with Gasteiger partial charge in [-0.1, -0.05) is 0 Å². The number of H-pyrrole nitrogens is 1. The molecule has 0 radical (unpaired) electrons. The van der Waals surface area contributed by atoms with Crippen molar-refractivity contribution in [1.82, 2.24) is 4.98 Å². The predicted molar refractivity (Wildman–Crippen MR) is 69.1 cm³/mol. The average Bonchev–Trinajstić information content (AvgIpc) is 2.56. The van der Waals surface area contributed by atoms with Gasteiger partial charge in [0, 0.05) is 24.3 Å². The molecule has 1 N–H and O–H groups in total. The minimum atomic E-state index is 0.734. The summed E-state index contributed by atoms with van der Waals surface area (Å²) in [6.07, 6.45) is 2.64. The zero-order valence-corrected chi connectivity index (χ0v) is 10.8. The van der Waals surface area contributed by atoms with Crippen molar-refractivity contribution in [2.24, 2.45) is 0 Å². The second-order valence-corrected chi connectivity index (χ2v) is 4.97. The fraction of sp³-hybridized carbons (Fsp3) is 0. The largest absolute Gasteiger partial charge is 0.360 e. The summed E-state index contributed by atoms with van der Waals surface area (Å²) < 4.78 is 2.25. The molecule has 13 heavy (non-hydrogen) atoms. The minimum absolute atomic E-state index is 0.734. The quantitative estimate of drug-likeness (QED) is 0.582. The third-order valence-electron chi connectivity index (χ3n) is 1.89. The Labute approximate surface area is 102 Å². The molecule has 0 atom stereocenters. The van der Waals surface area contributed by atoms with Crippen LogP contribution in [0.3, 0.4) is 0 Å². The molecule has 2 aromatic rings. The average molecular weight is 397 g/mol. The molecule has 0 aliphatic carbocycles. The van der Waals surface area contributed by atoms with Gasteiger partial charge in [-0.3, -0.25) is 4.79 Å². The number of rotatable bonds is 1. The molecule has 0 fully saturated rings. The minimum Gasteiger partial charge on any atom is -0.360 e. The van der Waals surface area contributed by atoms with Gasteiger partial charge < -0.3 is 4.98 Å². The molecule has 1 aromatic heterocycles. The molecule has 66 valence electrons. The van der Waals surface area contributed by atoms with Crippen molar-refractivity contribution in [3.05, 3.63) is 31.0 Å². The van der Waals surface area contributed by atoms with Crippen LogP contribution in [0.4, 0.5) is 0 Å². The SMILES string of the molecule is O=Cc1c[nH]c2c(I)ccc(I)c12. The second-order valence-electron chi connectivity index (χ2n) is 2.64. The van der Waals surface area contributed by atoms with Crippen LogP contribution in [-0.4, -0.2) is 11.3 Å². The van der Waals surface area contributed by atoms with Crippen LogP contribution in [0.5, 0.6) is 0 Å². The Kier molecular flexibility index (Phi) is 2.59. The van der Waals surface area contributed by atoms with Crippen molar-refractivity contribution in [2.45, 2.75) is 0 Å². The number of aromatic nitrogens is 1. The van der Waals surface area contributed by atoms with Crippen LogP contribution in [0.25, 0.3) is 10.9 Å². The fourth-order valence-electron chi connectivity index (χ4n) is 1.29. The summed E-state index contributed by atoms with van der Waals surface area (Å²) in [6.45, 7) is 0. The molecule has 0 amide bonds. The van der Waals surface area contributed by atoms with Crippen molar-refractivity contribution in [3.8, 4) is 0 Å². The summed E-state index contributed by atoms with van der Waals surface area (Å²) in [5.74, 6) is 0. The number of hydrogen-bond donors (Lipinski definition) is 1. The first-order valence-electron chi connectivity index (χ1n) is 3.64. The lowest BCUT2D eigenvalue weighted by Gasteiger charge is -1.97. The van der Waals surface area contributed by atoms with E-state index in [-0.39, 0.29) is 0 Å². The standard InChI is InChI=1S/C9H5I2NO/c10-6-1-2-7(11)9-8(6)5(4-13)3-12-9/h1-4,12H. The van der Waals surface area contributed by atoms with Crippen LogP contribution < -0.4 is 0 Å². The van der Waals surface area contributed by atoms with Crippen LogP contribution in [0.2, 0.25) is 0 Å². The molecule has 2 rings (SSSR count). The van der Waals surface area contributed by atoms with Gasteiger partial charge in [0.25, 0.3) is 0 Å². The maximum atomic E-state index is 10.7. The second kappa shape index (κ2) is 3.56. The van der Waals surface area contributed by atoms with Crippen LogP contribution >= 0.6 is 45.2 Å². The lowest BCUT2D eigenvalue weighted by molar-refractivity contribution is 0.112. The molecule has 1 aromatic carbocycles. The zero-order valence-electron chi connectivity index (χ0n) is 6.47. The Hall–Kier alpha value is -0.110. The fourth-order valence-corrected chi connectivity index (χ4v) is 2.66. The molecule has 0 unspecified atom stereocenters. The van der Waals surface area contributed by atoms with E-state index in [0.717, 1.165) is 29.9 Å². The Bertz CT molecular complexity index is 476. The van der Waals surface area contributed by atoms with Crippen molar-refractivity contribution in [2.75, 3.05) is 0 Å². The van der Waals surface area contributed by atoms with Crippen LogP contribution in [0.1, 0.15) is 10.4 Å². The van der Waals surface area contributed by atoms with Gasteiger partial charge in [0.1, 0.15) is 0 Å². The number of carbonyl (C=O) groups excluding carboxylic acids is 1. The van der Waals surface area contributed by atoms with E-state index in [4.69, 9.17) is 0 Å². The Morgan fingerprint density at radius 2 is 1.92 bits per heavy atom. The summed E-state index contributed by atoms with van der Waals surface area (Å²) in [5.41, 5.74) is 1.78. The highest BCUT2D eigenvalue weighted by Crippen LogP contribution is 2.26. The van der Waals surface area contributed by atoms with Gasteiger partial charge in [-0.25, -0.2) is 0 Å². The topological polar surface area (TPSA) is 32.9 Å². The lowest BCUT2D eigenvalue weighted by Crippen LogP contribution is -1.81. The highest BCUT2D eigenvalue weighted by molar-refractivity contribution is 14.1. The molecule has 2 nitrogen and oxygen atoms in total. The molecular weight excluding hydrogens is 392 g/mol. The number of hydrogen-bond acceptors (Lipinski definition) is 1. The number of benzene rings is 1. The Balaban J connectivity index is 2.95. The van der Waals surface area contributed by atoms with Crippen molar-refractivity contribution in [3.63, 3.8) is 0 Å². The summed E-state index contributed by atoms with van der Waals surface area (Å²) in [7, 11) is 0. The van der Waals surface area contributed by atoms with Crippen LogP contribution in [-0.2, 0) is 0 Å². The van der Waals surface area contributed by atoms with E-state index >= 15 is 0 Å². The molecule has 1 heterocycles. The van der Waals surface area contributed by atoms with Gasteiger partial charge in [-0.15, -0.1) is 0 Å². The first-order valence-corrected chi connectivity index (χ1v) is 5.80. The van der Waals surface area contributed by atoms with Crippen molar-refractivity contribution < 1.29 is 4.79 Å². The predicted octanol–water partition coefficient (Wildman–Crippen LogP) is 3.19. The summed E-state index contributed by atoms with van der Waals surface area (Å²) in [4.78, 5) is 13.8. The molecule has 0 aliphatic heterocycles. The lowest BCUT2D eigenvalue weighted by atomic mass is 10.2. The summed E-state index contributed by atoms with van der Waals surface area (Å²) in [6, 6.07) is 4.06. The van der Waals surface area contributed by atoms with E-state index in [1.54, 1.807) is 6.20 Å². The van der Waals surface area contributed by atoms with E-state index in [1.165, 1.54) is 0 Å². The van der Waals surface area contributed by atoms with Gasteiger partial charge in [-0.2, -0.15) is 0 Å². The normalized spacial score (nSPS) is 10.6. The van der Waals surface area contributed by atoms with E-state index in [1.807, 2.05) is 12.1 Å². The molecular formula is C9H5I2NO. The van der Waals surface area contributed by atoms with Gasteiger partial charge in [0.2, 0.25) is 0 Å². The summed E-state index contributed by atoms with van der Waals surface area (Å²) >= 11 is 4.49. The zero-order chi connectivity index (χ0) is 9.42. The monoisotopic (exact) mass is 397 g/mol. The van der Waals surface area contributed by atoms with Crippen LogP contribution in [0, 0.1) is 7.14 Å². The van der Waals surface area contributed by atoms with Crippen molar-refractivity contribution >= 4 is 62.4 Å². The van der Waals surface area contributed by atoms with Gasteiger partial charge in [-0.05, 0) is 57.3 Å². The smallest absolute Gasteiger partial charge is 0.152 e. The van der Waals surface area contributed by atoms with Crippen molar-refractivity contribution in [1.29, 1.82) is 0 Å². The number of nitrogens with one attached hydrogen (secondary N) is 1. The molecule has 4 heteroatoms. The Morgan fingerprint density at radius 3 is 2.62 bits per heavy atom. The third kappa shape index (κ3) is 1.50. The van der Waals surface area contributed by atoms with E-state index < -0.39 is 0 Å². The number of aldehydes is 1. The van der Waals surface area contributed by atoms with E-state index in [0.29, 0.717) is 0 Å². The molecule has 0 aliphatic rings. The number of fused-ring (bicyclic) bond motifs is 1. The van der Waals surface area contributed by atoms with Gasteiger partial charge in [0.15, 0.2) is 6.29 Å². The maximum absolute atomic E-state index is 10.7. The maximum Gasteiger partial charge on any atom is 0.152 e. The number of carbonyl (C=O) groups is 1. The third-order valence-corrected chi connectivity index (χ3v) is 3.69. The van der Waals surface area contributed by atoms with Gasteiger partial charge >= 0.3 is 0 Å². The van der Waals surface area contributed by atoms with Crippen LogP contribution in [0.15, 0.2) is 18.3 Å². The molecule has 0 saturated heterocycles. The molecule has 0 saturated carbocycles. The summed E-state index contributed by atoms with van der Waals surface area (Å²) in [5, 5.41) is 1.03. The number of halogens is 2. The Morgan fingerprint density at radius 1 is 1.23 bits per heavy atom. The van der Waals surface area contributed by atoms with Gasteiger partial charge in [0.05, 0.1) is 5.52 Å². The molecule has 0 bridgehead atoms. The highest BCUT2D eigenvalue weighted by atomic mass is 127. The highest BCUT2D eigenvalue weighted by Gasteiger charge is 2.08. The first-order chi connectivity index (χ1) is 6.24. The van der Waals surface area contributed by atoms with E-state index in [9.17, 15) is 4.79 Å². The number of aromatic amines is 1. The van der Waals surface area contributed by atoms with E-state index in [2.05, 4.69) is 50.2 Å². The first kappa shape index (κ1) is 9.45. The molecule has 0 spiro atoms.